The van der Waals surface area contributed by atoms with Gasteiger partial charge in [-0.2, -0.15) is 0 Å². The van der Waals surface area contributed by atoms with Gasteiger partial charge in [-0.1, -0.05) is 31.2 Å². The molecule has 29 heavy (non-hydrogen) atoms. The van der Waals surface area contributed by atoms with Crippen molar-refractivity contribution < 1.29 is 4.79 Å². The van der Waals surface area contributed by atoms with Gasteiger partial charge >= 0.3 is 0 Å². The van der Waals surface area contributed by atoms with Gasteiger partial charge in [-0.15, -0.1) is 0 Å². The van der Waals surface area contributed by atoms with Crippen molar-refractivity contribution in [1.82, 2.24) is 24.7 Å². The molecule has 2 N–H and O–H groups in total. The van der Waals surface area contributed by atoms with Crippen LogP contribution in [0.3, 0.4) is 0 Å². The summed E-state index contributed by atoms with van der Waals surface area (Å²) in [6, 6.07) is 14.8. The zero-order valence-corrected chi connectivity index (χ0v) is 16.1. The number of fused-ring (bicyclic) bond motifs is 6. The van der Waals surface area contributed by atoms with Crippen LogP contribution in [0.1, 0.15) is 30.6 Å². The highest BCUT2D eigenvalue weighted by Crippen LogP contribution is 2.27. The van der Waals surface area contributed by atoms with Gasteiger partial charge in [-0.3, -0.25) is 14.0 Å². The van der Waals surface area contributed by atoms with Crippen LogP contribution in [0.2, 0.25) is 0 Å². The van der Waals surface area contributed by atoms with Gasteiger partial charge < -0.3 is 10.3 Å². The molecule has 0 saturated heterocycles. The third kappa shape index (κ3) is 2.58. The van der Waals surface area contributed by atoms with Gasteiger partial charge in [0.1, 0.15) is 16.7 Å². The number of rotatable bonds is 3. The molecule has 5 aromatic rings. The fraction of sp³-hybridized carbons (Fsp3) is 0.182. The zero-order chi connectivity index (χ0) is 20.1. The van der Waals surface area contributed by atoms with Crippen molar-refractivity contribution in [2.24, 2.45) is 0 Å². The van der Waals surface area contributed by atoms with Crippen LogP contribution in [0.25, 0.3) is 38.7 Å². The molecule has 5 rings (SSSR count). The summed E-state index contributed by atoms with van der Waals surface area (Å²) in [6.45, 7) is 3.95. The SMILES string of the molecule is CCC(C)NC(=O)c1c2nc3ccccc3nc2n2c1[nH]c(=O)c1ccccc12. The van der Waals surface area contributed by atoms with E-state index in [0.29, 0.717) is 38.8 Å². The summed E-state index contributed by atoms with van der Waals surface area (Å²) in [7, 11) is 0. The van der Waals surface area contributed by atoms with Gasteiger partial charge in [0.05, 0.1) is 21.9 Å². The second kappa shape index (κ2) is 6.41. The van der Waals surface area contributed by atoms with Gasteiger partial charge in [0.15, 0.2) is 5.65 Å². The number of benzene rings is 2. The number of H-pyrrole nitrogens is 1. The molecule has 1 amide bonds. The minimum absolute atomic E-state index is 0.00639. The van der Waals surface area contributed by atoms with Crippen LogP contribution < -0.4 is 10.9 Å². The molecule has 0 aliphatic heterocycles. The molecule has 0 saturated carbocycles. The smallest absolute Gasteiger partial charge is 0.258 e. The van der Waals surface area contributed by atoms with Crippen molar-refractivity contribution in [3.05, 3.63) is 64.4 Å². The number of hydrogen-bond acceptors (Lipinski definition) is 4. The molecule has 0 fully saturated rings. The summed E-state index contributed by atoms with van der Waals surface area (Å²) in [5, 5.41) is 3.52. The largest absolute Gasteiger partial charge is 0.349 e. The van der Waals surface area contributed by atoms with E-state index in [1.54, 1.807) is 6.07 Å². The Morgan fingerprint density at radius 2 is 1.79 bits per heavy atom. The average Bonchev–Trinajstić information content (AvgIpc) is 3.05. The molecule has 0 aliphatic carbocycles. The Morgan fingerprint density at radius 1 is 1.10 bits per heavy atom. The first kappa shape index (κ1) is 17.4. The first-order valence-corrected chi connectivity index (χ1v) is 9.61. The van der Waals surface area contributed by atoms with E-state index in [4.69, 9.17) is 9.97 Å². The van der Waals surface area contributed by atoms with Crippen LogP contribution in [0, 0.1) is 0 Å². The lowest BCUT2D eigenvalue weighted by molar-refractivity contribution is 0.0942. The highest BCUT2D eigenvalue weighted by atomic mass is 16.2. The number of para-hydroxylation sites is 3. The molecule has 7 nitrogen and oxygen atoms in total. The van der Waals surface area contributed by atoms with Gasteiger partial charge in [0, 0.05) is 6.04 Å². The maximum absolute atomic E-state index is 13.2. The summed E-state index contributed by atoms with van der Waals surface area (Å²) < 4.78 is 1.82. The van der Waals surface area contributed by atoms with Crippen molar-refractivity contribution in [1.29, 1.82) is 0 Å². The standard InChI is InChI=1S/C22H19N5O2/c1-3-12(2)23-22(29)17-18-20(25-15-10-6-5-9-14(15)24-18)27-16-11-7-4-8-13(16)21(28)26-19(17)27/h4-12H,3H2,1-2H3,(H,23,29)(H,26,28). The fourth-order valence-electron chi connectivity index (χ4n) is 3.65. The van der Waals surface area contributed by atoms with Crippen LogP contribution in [0.5, 0.6) is 0 Å². The minimum atomic E-state index is -0.276. The van der Waals surface area contributed by atoms with E-state index in [1.807, 2.05) is 60.7 Å². The van der Waals surface area contributed by atoms with Gasteiger partial charge in [0.2, 0.25) is 0 Å². The Hall–Kier alpha value is -3.74. The van der Waals surface area contributed by atoms with Crippen LogP contribution in [-0.4, -0.2) is 31.3 Å². The molecular formula is C22H19N5O2. The molecule has 7 heteroatoms. The number of aromatic nitrogens is 4. The number of hydrogen-bond donors (Lipinski definition) is 2. The Labute approximate surface area is 165 Å². The van der Waals surface area contributed by atoms with E-state index in [9.17, 15) is 9.59 Å². The van der Waals surface area contributed by atoms with Crippen molar-refractivity contribution >= 4 is 44.7 Å². The molecule has 0 aliphatic rings. The fourth-order valence-corrected chi connectivity index (χ4v) is 3.65. The maximum atomic E-state index is 13.2. The lowest BCUT2D eigenvalue weighted by Crippen LogP contribution is -2.32. The molecule has 2 aromatic carbocycles. The van der Waals surface area contributed by atoms with E-state index in [1.165, 1.54) is 0 Å². The lowest BCUT2D eigenvalue weighted by Gasteiger charge is -2.11. The quantitative estimate of drug-likeness (QED) is 0.498. The van der Waals surface area contributed by atoms with Crippen molar-refractivity contribution in [2.75, 3.05) is 0 Å². The van der Waals surface area contributed by atoms with Crippen molar-refractivity contribution in [3.63, 3.8) is 0 Å². The molecule has 0 spiro atoms. The molecular weight excluding hydrogens is 366 g/mol. The third-order valence-electron chi connectivity index (χ3n) is 5.30. The van der Waals surface area contributed by atoms with Gasteiger partial charge in [0.25, 0.3) is 11.5 Å². The second-order valence-corrected chi connectivity index (χ2v) is 7.20. The highest BCUT2D eigenvalue weighted by Gasteiger charge is 2.24. The highest BCUT2D eigenvalue weighted by molar-refractivity contribution is 6.13. The van der Waals surface area contributed by atoms with E-state index in [0.717, 1.165) is 11.9 Å². The minimum Gasteiger partial charge on any atom is -0.349 e. The first-order valence-electron chi connectivity index (χ1n) is 9.61. The molecule has 0 radical (unpaired) electrons. The second-order valence-electron chi connectivity index (χ2n) is 7.20. The van der Waals surface area contributed by atoms with Crippen LogP contribution in [-0.2, 0) is 0 Å². The van der Waals surface area contributed by atoms with Gasteiger partial charge in [-0.05, 0) is 37.6 Å². The zero-order valence-electron chi connectivity index (χ0n) is 16.1. The summed E-state index contributed by atoms with van der Waals surface area (Å²) >= 11 is 0. The Kier molecular flexibility index (Phi) is 3.84. The van der Waals surface area contributed by atoms with Crippen LogP contribution in [0.15, 0.2) is 53.3 Å². The van der Waals surface area contributed by atoms with E-state index < -0.39 is 0 Å². The number of carbonyl (C=O) groups is 1. The maximum Gasteiger partial charge on any atom is 0.258 e. The molecule has 1 unspecified atom stereocenters. The Balaban J connectivity index is 1.99. The first-order chi connectivity index (χ1) is 14.1. The monoisotopic (exact) mass is 385 g/mol. The number of aromatic amines is 1. The number of amides is 1. The molecule has 3 heterocycles. The number of carbonyl (C=O) groups excluding carboxylic acids is 1. The summed E-state index contributed by atoms with van der Waals surface area (Å²) in [5.74, 6) is -0.276. The molecule has 144 valence electrons. The third-order valence-corrected chi connectivity index (χ3v) is 5.30. The normalized spacial score (nSPS) is 12.8. The molecule has 3 aromatic heterocycles. The van der Waals surface area contributed by atoms with E-state index in [2.05, 4.69) is 10.3 Å². The van der Waals surface area contributed by atoms with Crippen LogP contribution >= 0.6 is 0 Å². The summed E-state index contributed by atoms with van der Waals surface area (Å²) in [4.78, 5) is 38.3. The summed E-state index contributed by atoms with van der Waals surface area (Å²) in [5.41, 5.74) is 3.60. The predicted octanol–water partition coefficient (Wildman–Crippen LogP) is 3.41. The Bertz CT molecular complexity index is 1480. The van der Waals surface area contributed by atoms with Crippen molar-refractivity contribution in [2.45, 2.75) is 26.3 Å². The lowest BCUT2D eigenvalue weighted by atomic mass is 10.2. The van der Waals surface area contributed by atoms with Crippen LogP contribution in [0.4, 0.5) is 0 Å². The van der Waals surface area contributed by atoms with E-state index >= 15 is 0 Å². The molecule has 0 bridgehead atoms. The topological polar surface area (TPSA) is 92.2 Å². The van der Waals surface area contributed by atoms with Crippen molar-refractivity contribution in [3.8, 4) is 0 Å². The Morgan fingerprint density at radius 3 is 2.55 bits per heavy atom. The number of nitrogens with zero attached hydrogens (tertiary/aromatic N) is 3. The van der Waals surface area contributed by atoms with Gasteiger partial charge in [-0.25, -0.2) is 9.97 Å². The predicted molar refractivity (Wildman–Crippen MR) is 113 cm³/mol. The summed E-state index contributed by atoms with van der Waals surface area (Å²) in [6.07, 6.45) is 0.795. The number of nitrogens with one attached hydrogen (secondary N) is 2. The van der Waals surface area contributed by atoms with E-state index in [-0.39, 0.29) is 17.5 Å². The molecule has 1 atom stereocenters. The average molecular weight is 385 g/mol.